The maximum Gasteiger partial charge on any atom is 0.258 e. The largest absolute Gasteiger partial charge is 0.490 e. The highest BCUT2D eigenvalue weighted by atomic mass is 32.1. The Kier molecular flexibility index (Phi) is 4.54. The van der Waals surface area contributed by atoms with Gasteiger partial charge in [-0.05, 0) is 30.5 Å². The smallest absolute Gasteiger partial charge is 0.258 e. The highest BCUT2D eigenvalue weighted by Gasteiger charge is 2.12. The van der Waals surface area contributed by atoms with Gasteiger partial charge in [0.05, 0.1) is 23.8 Å². The summed E-state index contributed by atoms with van der Waals surface area (Å²) in [6.45, 7) is 2.50. The third kappa shape index (κ3) is 3.49. The summed E-state index contributed by atoms with van der Waals surface area (Å²) in [6, 6.07) is 9.00. The van der Waals surface area contributed by atoms with Crippen molar-refractivity contribution >= 4 is 11.3 Å². The average molecular weight is 327 g/mol. The van der Waals surface area contributed by atoms with Crippen LogP contribution in [0.5, 0.6) is 11.5 Å². The molecule has 0 fully saturated rings. The van der Waals surface area contributed by atoms with Gasteiger partial charge < -0.3 is 14.0 Å². The summed E-state index contributed by atoms with van der Waals surface area (Å²) in [7, 11) is 0. The SMILES string of the molecule is CCOc1cc(C#N)ccc1OCc1noc(-c2ccsc2)n1. The summed E-state index contributed by atoms with van der Waals surface area (Å²) in [6.07, 6.45) is 0. The number of ether oxygens (including phenoxy) is 2. The van der Waals surface area contributed by atoms with E-state index in [4.69, 9.17) is 19.3 Å². The summed E-state index contributed by atoms with van der Waals surface area (Å²) in [5, 5.41) is 16.7. The highest BCUT2D eigenvalue weighted by molar-refractivity contribution is 7.08. The van der Waals surface area contributed by atoms with Crippen LogP contribution < -0.4 is 9.47 Å². The van der Waals surface area contributed by atoms with Crippen LogP contribution in [0.3, 0.4) is 0 Å². The maximum absolute atomic E-state index is 8.94. The average Bonchev–Trinajstić information content (AvgIpc) is 3.25. The number of hydrogen-bond acceptors (Lipinski definition) is 7. The van der Waals surface area contributed by atoms with E-state index in [-0.39, 0.29) is 6.61 Å². The predicted molar refractivity (Wildman–Crippen MR) is 84.3 cm³/mol. The third-order valence-electron chi connectivity index (χ3n) is 2.97. The van der Waals surface area contributed by atoms with Gasteiger partial charge in [0.15, 0.2) is 18.1 Å². The highest BCUT2D eigenvalue weighted by Crippen LogP contribution is 2.29. The van der Waals surface area contributed by atoms with Gasteiger partial charge in [-0.15, -0.1) is 0 Å². The lowest BCUT2D eigenvalue weighted by Crippen LogP contribution is -2.01. The lowest BCUT2D eigenvalue weighted by molar-refractivity contribution is 0.258. The molecule has 116 valence electrons. The van der Waals surface area contributed by atoms with Crippen LogP contribution in [-0.4, -0.2) is 16.7 Å². The van der Waals surface area contributed by atoms with Gasteiger partial charge >= 0.3 is 0 Å². The third-order valence-corrected chi connectivity index (χ3v) is 3.65. The summed E-state index contributed by atoms with van der Waals surface area (Å²) in [5.74, 6) is 1.97. The van der Waals surface area contributed by atoms with E-state index in [1.165, 1.54) is 0 Å². The lowest BCUT2D eigenvalue weighted by Gasteiger charge is -2.10. The Bertz CT molecular complexity index is 821. The Labute approximate surface area is 136 Å². The van der Waals surface area contributed by atoms with Gasteiger partial charge in [0, 0.05) is 11.4 Å². The molecule has 0 N–H and O–H groups in total. The van der Waals surface area contributed by atoms with Crippen LogP contribution in [0.15, 0.2) is 39.5 Å². The van der Waals surface area contributed by atoms with E-state index in [2.05, 4.69) is 16.2 Å². The Morgan fingerprint density at radius 1 is 1.26 bits per heavy atom. The zero-order chi connectivity index (χ0) is 16.1. The van der Waals surface area contributed by atoms with E-state index in [1.54, 1.807) is 29.5 Å². The Morgan fingerprint density at radius 3 is 2.91 bits per heavy atom. The molecule has 0 bridgehead atoms. The van der Waals surface area contributed by atoms with Gasteiger partial charge in [-0.2, -0.15) is 21.6 Å². The number of rotatable bonds is 6. The van der Waals surface area contributed by atoms with Gasteiger partial charge in [-0.3, -0.25) is 0 Å². The van der Waals surface area contributed by atoms with E-state index < -0.39 is 0 Å². The predicted octanol–water partition coefficient (Wildman–Crippen LogP) is 3.65. The van der Waals surface area contributed by atoms with E-state index in [9.17, 15) is 0 Å². The summed E-state index contributed by atoms with van der Waals surface area (Å²) in [5.41, 5.74) is 1.40. The topological polar surface area (TPSA) is 81.2 Å². The Morgan fingerprint density at radius 2 is 2.17 bits per heavy atom. The molecule has 0 amide bonds. The number of nitriles is 1. The fourth-order valence-corrected chi connectivity index (χ4v) is 2.55. The zero-order valence-electron chi connectivity index (χ0n) is 12.4. The molecular weight excluding hydrogens is 314 g/mol. The molecule has 0 aliphatic rings. The summed E-state index contributed by atoms with van der Waals surface area (Å²) in [4.78, 5) is 4.29. The maximum atomic E-state index is 8.94. The van der Waals surface area contributed by atoms with Crippen LogP contribution in [0, 0.1) is 11.3 Å². The van der Waals surface area contributed by atoms with E-state index in [1.807, 2.05) is 23.8 Å². The molecule has 0 radical (unpaired) electrons. The molecule has 0 atom stereocenters. The van der Waals surface area contributed by atoms with Crippen molar-refractivity contribution < 1.29 is 14.0 Å². The van der Waals surface area contributed by atoms with Gasteiger partial charge in [-0.1, -0.05) is 5.16 Å². The van der Waals surface area contributed by atoms with Crippen molar-refractivity contribution in [3.63, 3.8) is 0 Å². The molecule has 23 heavy (non-hydrogen) atoms. The van der Waals surface area contributed by atoms with E-state index in [0.717, 1.165) is 5.56 Å². The molecule has 2 aromatic heterocycles. The number of hydrogen-bond donors (Lipinski definition) is 0. The second kappa shape index (κ2) is 6.94. The molecule has 0 unspecified atom stereocenters. The minimum absolute atomic E-state index is 0.152. The second-order valence-corrected chi connectivity index (χ2v) is 5.30. The molecule has 0 saturated carbocycles. The Balaban J connectivity index is 1.72. The number of benzene rings is 1. The van der Waals surface area contributed by atoms with Crippen molar-refractivity contribution in [1.82, 2.24) is 10.1 Å². The molecule has 3 aromatic rings. The number of thiophene rings is 1. The lowest BCUT2D eigenvalue weighted by atomic mass is 10.2. The van der Waals surface area contributed by atoms with Crippen molar-refractivity contribution in [3.8, 4) is 29.0 Å². The molecule has 0 saturated heterocycles. The molecule has 6 nitrogen and oxygen atoms in total. The minimum atomic E-state index is 0.152. The van der Waals surface area contributed by atoms with Crippen LogP contribution >= 0.6 is 11.3 Å². The minimum Gasteiger partial charge on any atom is -0.490 e. The first-order chi connectivity index (χ1) is 11.3. The van der Waals surface area contributed by atoms with E-state index >= 15 is 0 Å². The number of aromatic nitrogens is 2. The normalized spacial score (nSPS) is 10.3. The second-order valence-electron chi connectivity index (χ2n) is 4.52. The molecule has 1 aromatic carbocycles. The van der Waals surface area contributed by atoms with Crippen molar-refractivity contribution in [3.05, 3.63) is 46.4 Å². The van der Waals surface area contributed by atoms with Gasteiger partial charge in [0.25, 0.3) is 5.89 Å². The molecule has 0 spiro atoms. The van der Waals surface area contributed by atoms with Crippen molar-refractivity contribution in [2.45, 2.75) is 13.5 Å². The summed E-state index contributed by atoms with van der Waals surface area (Å²) < 4.78 is 16.4. The molecule has 3 rings (SSSR count). The molecular formula is C16H13N3O3S. The fourth-order valence-electron chi connectivity index (χ4n) is 1.92. The number of nitrogens with zero attached hydrogens (tertiary/aromatic N) is 3. The molecule has 7 heteroatoms. The van der Waals surface area contributed by atoms with Crippen LogP contribution in [-0.2, 0) is 6.61 Å². The summed E-state index contributed by atoms with van der Waals surface area (Å²) >= 11 is 1.56. The van der Waals surface area contributed by atoms with Gasteiger partial charge in [0.2, 0.25) is 5.82 Å². The van der Waals surface area contributed by atoms with Crippen LogP contribution in [0.4, 0.5) is 0 Å². The van der Waals surface area contributed by atoms with E-state index in [0.29, 0.717) is 35.4 Å². The van der Waals surface area contributed by atoms with Crippen LogP contribution in [0.2, 0.25) is 0 Å². The fraction of sp³-hybridized carbons (Fsp3) is 0.188. The standard InChI is InChI=1S/C16H13N3O3S/c1-2-20-14-7-11(8-17)3-4-13(14)21-9-15-18-16(22-19-15)12-5-6-23-10-12/h3-7,10H,2,9H2,1H3. The molecule has 0 aliphatic heterocycles. The molecule has 0 aliphatic carbocycles. The van der Waals surface area contributed by atoms with Crippen LogP contribution in [0.1, 0.15) is 18.3 Å². The Hall–Kier alpha value is -2.85. The monoisotopic (exact) mass is 327 g/mol. The zero-order valence-corrected chi connectivity index (χ0v) is 13.2. The first-order valence-corrected chi connectivity index (χ1v) is 7.89. The van der Waals surface area contributed by atoms with Gasteiger partial charge in [0.1, 0.15) is 0 Å². The van der Waals surface area contributed by atoms with Crippen molar-refractivity contribution in [2.24, 2.45) is 0 Å². The van der Waals surface area contributed by atoms with Gasteiger partial charge in [-0.25, -0.2) is 0 Å². The first-order valence-electron chi connectivity index (χ1n) is 6.95. The quantitative estimate of drug-likeness (QED) is 0.687. The van der Waals surface area contributed by atoms with Crippen molar-refractivity contribution in [1.29, 1.82) is 5.26 Å². The molecule has 2 heterocycles. The van der Waals surface area contributed by atoms with Crippen LogP contribution in [0.25, 0.3) is 11.5 Å². The van der Waals surface area contributed by atoms with Crippen molar-refractivity contribution in [2.75, 3.05) is 6.61 Å². The first kappa shape index (κ1) is 15.1.